The number of carbonyl (C=O) groups is 1. The number of hydrogen-bond acceptors (Lipinski definition) is 3. The van der Waals surface area contributed by atoms with E-state index >= 15 is 0 Å². The van der Waals surface area contributed by atoms with E-state index in [0.717, 1.165) is 6.20 Å². The molecule has 5 nitrogen and oxygen atoms in total. The maximum absolute atomic E-state index is 13.4. The molecular weight excluding hydrogens is 223 g/mol. The van der Waals surface area contributed by atoms with Crippen LogP contribution in [0.25, 0.3) is 11.3 Å². The van der Waals surface area contributed by atoms with Gasteiger partial charge in [0.1, 0.15) is 0 Å². The fraction of sp³-hybridized carbons (Fsp3) is 0.182. The average Bonchev–Trinajstić information content (AvgIpc) is 2.78. The zero-order valence-electron chi connectivity index (χ0n) is 9.20. The van der Waals surface area contributed by atoms with Gasteiger partial charge in [-0.15, -0.1) is 0 Å². The lowest BCUT2D eigenvalue weighted by molar-refractivity contribution is -0.115. The number of aromatic nitrogens is 3. The molecule has 2 heterocycles. The van der Waals surface area contributed by atoms with Gasteiger partial charge in [0.15, 0.2) is 11.6 Å². The molecule has 0 atom stereocenters. The Labute approximate surface area is 97.1 Å². The molecule has 88 valence electrons. The number of halogens is 1. The van der Waals surface area contributed by atoms with Crippen molar-refractivity contribution in [2.45, 2.75) is 13.3 Å². The van der Waals surface area contributed by atoms with E-state index in [4.69, 9.17) is 0 Å². The van der Waals surface area contributed by atoms with E-state index in [2.05, 4.69) is 20.5 Å². The first-order chi connectivity index (χ1) is 8.20. The van der Waals surface area contributed by atoms with Crippen LogP contribution in [0.5, 0.6) is 0 Å². The normalized spacial score (nSPS) is 10.2. The highest BCUT2D eigenvalue weighted by molar-refractivity contribution is 5.90. The number of nitrogens with one attached hydrogen (secondary N) is 2. The number of carbonyl (C=O) groups excluding carboxylic acids is 1. The summed E-state index contributed by atoms with van der Waals surface area (Å²) in [7, 11) is 0. The molecule has 0 aromatic carbocycles. The summed E-state index contributed by atoms with van der Waals surface area (Å²) in [5, 5.41) is 9.12. The van der Waals surface area contributed by atoms with Crippen LogP contribution in [0.15, 0.2) is 24.5 Å². The van der Waals surface area contributed by atoms with Crippen molar-refractivity contribution in [3.8, 4) is 11.3 Å². The fourth-order valence-electron chi connectivity index (χ4n) is 1.35. The lowest BCUT2D eigenvalue weighted by Gasteiger charge is -1.97. The van der Waals surface area contributed by atoms with Crippen LogP contribution in [-0.4, -0.2) is 21.1 Å². The summed E-state index contributed by atoms with van der Waals surface area (Å²) in [5.74, 6) is -0.203. The maximum Gasteiger partial charge on any atom is 0.225 e. The van der Waals surface area contributed by atoms with Gasteiger partial charge in [-0.2, -0.15) is 5.10 Å². The van der Waals surface area contributed by atoms with Crippen LogP contribution in [-0.2, 0) is 4.79 Å². The second kappa shape index (κ2) is 4.73. The number of amides is 1. The number of pyridine rings is 1. The molecule has 0 unspecified atom stereocenters. The largest absolute Gasteiger partial charge is 0.309 e. The monoisotopic (exact) mass is 234 g/mol. The van der Waals surface area contributed by atoms with Crippen molar-refractivity contribution in [2.24, 2.45) is 0 Å². The van der Waals surface area contributed by atoms with Gasteiger partial charge in [0.2, 0.25) is 5.91 Å². The minimum Gasteiger partial charge on any atom is -0.309 e. The van der Waals surface area contributed by atoms with Crippen molar-refractivity contribution >= 4 is 11.7 Å². The van der Waals surface area contributed by atoms with E-state index in [9.17, 15) is 9.18 Å². The number of nitrogens with zero attached hydrogens (tertiary/aromatic N) is 2. The Balaban J connectivity index is 2.24. The van der Waals surface area contributed by atoms with Crippen molar-refractivity contribution in [3.05, 3.63) is 30.3 Å². The molecule has 2 aromatic rings. The van der Waals surface area contributed by atoms with Crippen molar-refractivity contribution < 1.29 is 9.18 Å². The van der Waals surface area contributed by atoms with Gasteiger partial charge < -0.3 is 5.32 Å². The lowest BCUT2D eigenvalue weighted by Crippen LogP contribution is -2.09. The van der Waals surface area contributed by atoms with Crippen LogP contribution in [0.3, 0.4) is 0 Å². The van der Waals surface area contributed by atoms with Crippen molar-refractivity contribution in [1.29, 1.82) is 0 Å². The molecule has 0 saturated heterocycles. The zero-order chi connectivity index (χ0) is 12.3. The number of H-pyrrole nitrogens is 1. The minimum absolute atomic E-state index is 0.141. The van der Waals surface area contributed by atoms with Crippen molar-refractivity contribution in [3.63, 3.8) is 0 Å². The maximum atomic E-state index is 13.4. The van der Waals surface area contributed by atoms with Gasteiger partial charge in [0.05, 0.1) is 11.9 Å². The van der Waals surface area contributed by atoms with E-state index in [1.165, 1.54) is 12.3 Å². The summed E-state index contributed by atoms with van der Waals surface area (Å²) in [5.41, 5.74) is 0.862. The Morgan fingerprint density at radius 2 is 2.41 bits per heavy atom. The van der Waals surface area contributed by atoms with Gasteiger partial charge in [-0.05, 0) is 6.07 Å². The zero-order valence-corrected chi connectivity index (χ0v) is 9.20. The van der Waals surface area contributed by atoms with Crippen LogP contribution >= 0.6 is 0 Å². The van der Waals surface area contributed by atoms with E-state index in [1.54, 1.807) is 13.0 Å². The summed E-state index contributed by atoms with van der Waals surface area (Å²) >= 11 is 0. The SMILES string of the molecule is CCC(=O)Nc1cc(-c2ccncc2F)[nH]n1. The second-order valence-electron chi connectivity index (χ2n) is 3.42. The summed E-state index contributed by atoms with van der Waals surface area (Å²) in [6.45, 7) is 1.74. The quantitative estimate of drug-likeness (QED) is 0.852. The van der Waals surface area contributed by atoms with E-state index in [1.807, 2.05) is 0 Å². The predicted octanol–water partition coefficient (Wildman–Crippen LogP) is 1.96. The first kappa shape index (κ1) is 11.3. The van der Waals surface area contributed by atoms with Gasteiger partial charge >= 0.3 is 0 Å². The second-order valence-corrected chi connectivity index (χ2v) is 3.42. The fourth-order valence-corrected chi connectivity index (χ4v) is 1.35. The molecule has 17 heavy (non-hydrogen) atoms. The third-order valence-electron chi connectivity index (χ3n) is 2.23. The van der Waals surface area contributed by atoms with Crippen molar-refractivity contribution in [2.75, 3.05) is 5.32 Å². The average molecular weight is 234 g/mol. The molecule has 2 aromatic heterocycles. The summed E-state index contributed by atoms with van der Waals surface area (Å²) in [6, 6.07) is 3.11. The Morgan fingerprint density at radius 3 is 3.12 bits per heavy atom. The summed E-state index contributed by atoms with van der Waals surface area (Å²) < 4.78 is 13.4. The molecule has 0 aliphatic rings. The Kier molecular flexibility index (Phi) is 3.13. The Morgan fingerprint density at radius 1 is 1.59 bits per heavy atom. The summed E-state index contributed by atoms with van der Waals surface area (Å²) in [6.07, 6.45) is 2.98. The highest BCUT2D eigenvalue weighted by Gasteiger charge is 2.09. The minimum atomic E-state index is -0.440. The molecule has 0 aliphatic carbocycles. The topological polar surface area (TPSA) is 70.7 Å². The third-order valence-corrected chi connectivity index (χ3v) is 2.23. The van der Waals surface area contributed by atoms with Crippen LogP contribution in [0.1, 0.15) is 13.3 Å². The lowest BCUT2D eigenvalue weighted by atomic mass is 10.2. The van der Waals surface area contributed by atoms with Crippen LogP contribution < -0.4 is 5.32 Å². The van der Waals surface area contributed by atoms with Crippen LogP contribution in [0, 0.1) is 5.82 Å². The van der Waals surface area contributed by atoms with Crippen LogP contribution in [0.4, 0.5) is 10.2 Å². The number of aromatic amines is 1. The van der Waals surface area contributed by atoms with Crippen molar-refractivity contribution in [1.82, 2.24) is 15.2 Å². The highest BCUT2D eigenvalue weighted by atomic mass is 19.1. The van der Waals surface area contributed by atoms with Crippen LogP contribution in [0.2, 0.25) is 0 Å². The van der Waals surface area contributed by atoms with Gasteiger partial charge in [-0.3, -0.25) is 14.9 Å². The molecule has 0 spiro atoms. The van der Waals surface area contributed by atoms with Gasteiger partial charge in [0.25, 0.3) is 0 Å². The summed E-state index contributed by atoms with van der Waals surface area (Å²) in [4.78, 5) is 14.8. The molecule has 2 N–H and O–H groups in total. The number of hydrogen-bond donors (Lipinski definition) is 2. The Bertz CT molecular complexity index is 538. The van der Waals surface area contributed by atoms with E-state index in [-0.39, 0.29) is 5.91 Å². The molecule has 0 aliphatic heterocycles. The van der Waals surface area contributed by atoms with Gasteiger partial charge in [-0.1, -0.05) is 6.92 Å². The third kappa shape index (κ3) is 2.47. The smallest absolute Gasteiger partial charge is 0.225 e. The molecule has 0 fully saturated rings. The molecule has 1 amide bonds. The standard InChI is InChI=1S/C11H11FN4O/c1-2-11(17)14-10-5-9(15-16-10)7-3-4-13-6-8(7)12/h3-6H,2H2,1H3,(H2,14,15,16,17). The van der Waals surface area contributed by atoms with Gasteiger partial charge in [0, 0.05) is 24.2 Å². The highest BCUT2D eigenvalue weighted by Crippen LogP contribution is 2.21. The molecule has 0 bridgehead atoms. The van der Waals surface area contributed by atoms with E-state index in [0.29, 0.717) is 23.5 Å². The van der Waals surface area contributed by atoms with Gasteiger partial charge in [-0.25, -0.2) is 4.39 Å². The van der Waals surface area contributed by atoms with E-state index < -0.39 is 5.82 Å². The molecule has 0 radical (unpaired) electrons. The Hall–Kier alpha value is -2.24. The molecule has 0 saturated carbocycles. The first-order valence-electron chi connectivity index (χ1n) is 5.16. The molecule has 2 rings (SSSR count). The first-order valence-corrected chi connectivity index (χ1v) is 5.16. The number of anilines is 1. The predicted molar refractivity (Wildman–Crippen MR) is 60.7 cm³/mol. The molecule has 6 heteroatoms. The molecular formula is C11H11FN4O. The number of rotatable bonds is 3.